The van der Waals surface area contributed by atoms with Crippen LogP contribution in [0.4, 0.5) is 0 Å². The number of hydrogen-bond donors (Lipinski definition) is 2. The maximum Gasteiger partial charge on any atom is 0.213 e. The zero-order valence-corrected chi connectivity index (χ0v) is 16.6. The second kappa shape index (κ2) is 9.83. The second-order valence-corrected chi connectivity index (χ2v) is 6.75. The lowest BCUT2D eigenvalue weighted by Gasteiger charge is -2.06. The van der Waals surface area contributed by atoms with Crippen molar-refractivity contribution in [3.63, 3.8) is 0 Å². The standard InChI is InChI=1S/C17H22N4OS.HI/c18-17(20-8-6-15-2-1-9-23-15)21-11-14-5-7-19-16(10-14)22-12-13-3-4-13;/h1-2,5,7,9-10,13H,3-4,6,8,11-12H2,(H3,18,20,21);1H. The fourth-order valence-electron chi connectivity index (χ4n) is 2.12. The lowest BCUT2D eigenvalue weighted by molar-refractivity contribution is 0.288. The molecule has 3 N–H and O–H groups in total. The third-order valence-corrected chi connectivity index (χ3v) is 4.59. The van der Waals surface area contributed by atoms with Gasteiger partial charge in [-0.05, 0) is 48.3 Å². The van der Waals surface area contributed by atoms with Crippen molar-refractivity contribution in [1.82, 2.24) is 10.3 Å². The average Bonchev–Trinajstić information content (AvgIpc) is 3.26. The minimum atomic E-state index is 0. The predicted molar refractivity (Wildman–Crippen MR) is 109 cm³/mol. The van der Waals surface area contributed by atoms with Gasteiger partial charge in [0.15, 0.2) is 5.96 Å². The number of aromatic nitrogens is 1. The van der Waals surface area contributed by atoms with Gasteiger partial charge in [-0.1, -0.05) is 6.07 Å². The van der Waals surface area contributed by atoms with E-state index >= 15 is 0 Å². The van der Waals surface area contributed by atoms with E-state index in [4.69, 9.17) is 10.5 Å². The number of rotatable bonds is 8. The number of nitrogens with zero attached hydrogens (tertiary/aromatic N) is 2. The molecule has 1 aliphatic carbocycles. The normalized spacial score (nSPS) is 14.1. The van der Waals surface area contributed by atoms with Gasteiger partial charge >= 0.3 is 0 Å². The number of pyridine rings is 1. The SMILES string of the molecule is I.NC(=NCc1ccnc(OCC2CC2)c1)NCCc1cccs1. The molecule has 2 heterocycles. The van der Waals surface area contributed by atoms with E-state index in [2.05, 4.69) is 32.8 Å². The molecule has 2 aromatic heterocycles. The predicted octanol–water partition coefficient (Wildman–Crippen LogP) is 3.20. The summed E-state index contributed by atoms with van der Waals surface area (Å²) < 4.78 is 5.68. The molecule has 0 unspecified atom stereocenters. The van der Waals surface area contributed by atoms with Crippen molar-refractivity contribution in [3.8, 4) is 5.88 Å². The van der Waals surface area contributed by atoms with Gasteiger partial charge in [0.2, 0.25) is 5.88 Å². The van der Waals surface area contributed by atoms with Crippen LogP contribution in [0.2, 0.25) is 0 Å². The first-order valence-corrected chi connectivity index (χ1v) is 8.81. The molecule has 0 bridgehead atoms. The Morgan fingerprint density at radius 3 is 3.04 bits per heavy atom. The van der Waals surface area contributed by atoms with E-state index in [9.17, 15) is 0 Å². The van der Waals surface area contributed by atoms with Crippen LogP contribution >= 0.6 is 35.3 Å². The van der Waals surface area contributed by atoms with E-state index in [-0.39, 0.29) is 24.0 Å². The highest BCUT2D eigenvalue weighted by atomic mass is 127. The smallest absolute Gasteiger partial charge is 0.213 e. The Labute approximate surface area is 163 Å². The van der Waals surface area contributed by atoms with Crippen molar-refractivity contribution in [3.05, 3.63) is 46.3 Å². The summed E-state index contributed by atoms with van der Waals surface area (Å²) in [6.45, 7) is 2.09. The average molecular weight is 458 g/mol. The molecule has 0 aromatic carbocycles. The Balaban J connectivity index is 0.00000208. The molecule has 1 fully saturated rings. The monoisotopic (exact) mass is 458 g/mol. The van der Waals surface area contributed by atoms with Gasteiger partial charge in [-0.25, -0.2) is 9.98 Å². The van der Waals surface area contributed by atoms with Gasteiger partial charge in [0.25, 0.3) is 0 Å². The van der Waals surface area contributed by atoms with E-state index in [0.717, 1.165) is 31.1 Å². The molecule has 1 saturated carbocycles. The van der Waals surface area contributed by atoms with E-state index in [1.54, 1.807) is 17.5 Å². The molecule has 3 rings (SSSR count). The number of hydrogen-bond acceptors (Lipinski definition) is 4. The summed E-state index contributed by atoms with van der Waals surface area (Å²) in [7, 11) is 0. The van der Waals surface area contributed by atoms with Crippen molar-refractivity contribution in [1.29, 1.82) is 0 Å². The van der Waals surface area contributed by atoms with Crippen LogP contribution in [-0.2, 0) is 13.0 Å². The molecule has 0 amide bonds. The first-order valence-electron chi connectivity index (χ1n) is 7.93. The van der Waals surface area contributed by atoms with E-state index in [0.29, 0.717) is 18.4 Å². The number of ether oxygens (including phenoxy) is 1. The maximum absolute atomic E-state index is 5.90. The highest BCUT2D eigenvalue weighted by Crippen LogP contribution is 2.29. The lowest BCUT2D eigenvalue weighted by atomic mass is 10.3. The molecule has 0 saturated heterocycles. The Hall–Kier alpha value is -1.35. The van der Waals surface area contributed by atoms with Crippen LogP contribution in [0.25, 0.3) is 0 Å². The Bertz CT molecular complexity index is 644. The molecule has 0 aliphatic heterocycles. The summed E-state index contributed by atoms with van der Waals surface area (Å²) >= 11 is 1.76. The Morgan fingerprint density at radius 2 is 2.29 bits per heavy atom. The fraction of sp³-hybridized carbons (Fsp3) is 0.412. The topological polar surface area (TPSA) is 72.5 Å². The van der Waals surface area contributed by atoms with Crippen molar-refractivity contribution in [2.24, 2.45) is 16.6 Å². The second-order valence-electron chi connectivity index (χ2n) is 5.71. The van der Waals surface area contributed by atoms with Crippen LogP contribution in [0.3, 0.4) is 0 Å². The highest BCUT2D eigenvalue weighted by Gasteiger charge is 2.22. The molecular formula is C17H23IN4OS. The van der Waals surface area contributed by atoms with Crippen LogP contribution in [-0.4, -0.2) is 24.1 Å². The van der Waals surface area contributed by atoms with Crippen molar-refractivity contribution < 1.29 is 4.74 Å². The van der Waals surface area contributed by atoms with Crippen LogP contribution in [0.5, 0.6) is 5.88 Å². The highest BCUT2D eigenvalue weighted by molar-refractivity contribution is 14.0. The van der Waals surface area contributed by atoms with E-state index < -0.39 is 0 Å². The van der Waals surface area contributed by atoms with Crippen LogP contribution in [0.15, 0.2) is 40.8 Å². The number of halogens is 1. The molecule has 0 radical (unpaired) electrons. The van der Waals surface area contributed by atoms with Gasteiger partial charge in [-0.2, -0.15) is 0 Å². The van der Waals surface area contributed by atoms with Gasteiger partial charge < -0.3 is 15.8 Å². The van der Waals surface area contributed by atoms with Gasteiger partial charge in [0.1, 0.15) is 0 Å². The van der Waals surface area contributed by atoms with E-state index in [1.165, 1.54) is 17.7 Å². The molecule has 7 heteroatoms. The fourth-order valence-corrected chi connectivity index (χ4v) is 2.83. The largest absolute Gasteiger partial charge is 0.477 e. The maximum atomic E-state index is 5.90. The van der Waals surface area contributed by atoms with Gasteiger partial charge in [0.05, 0.1) is 13.2 Å². The number of thiophene rings is 1. The van der Waals surface area contributed by atoms with Crippen LogP contribution < -0.4 is 15.8 Å². The molecule has 130 valence electrons. The number of guanidine groups is 1. The minimum Gasteiger partial charge on any atom is -0.477 e. The Morgan fingerprint density at radius 1 is 1.42 bits per heavy atom. The molecule has 0 spiro atoms. The first-order chi connectivity index (χ1) is 11.3. The molecule has 5 nitrogen and oxygen atoms in total. The van der Waals surface area contributed by atoms with Crippen molar-refractivity contribution in [2.45, 2.75) is 25.8 Å². The van der Waals surface area contributed by atoms with Crippen molar-refractivity contribution in [2.75, 3.05) is 13.2 Å². The molecule has 24 heavy (non-hydrogen) atoms. The van der Waals surface area contributed by atoms with Crippen molar-refractivity contribution >= 4 is 41.3 Å². The molecule has 2 aromatic rings. The zero-order chi connectivity index (χ0) is 15.9. The first kappa shape index (κ1) is 19.0. The lowest BCUT2D eigenvalue weighted by Crippen LogP contribution is -2.33. The van der Waals surface area contributed by atoms with Gasteiger partial charge in [-0.3, -0.25) is 0 Å². The number of nitrogens with two attached hydrogens (primary N) is 1. The summed E-state index contributed by atoms with van der Waals surface area (Å²) in [6, 6.07) is 8.06. The summed E-state index contributed by atoms with van der Waals surface area (Å²) in [5.74, 6) is 1.87. The number of aliphatic imine (C=N–C) groups is 1. The third kappa shape index (κ3) is 6.64. The summed E-state index contributed by atoms with van der Waals surface area (Å²) in [5, 5.41) is 5.22. The molecular weight excluding hydrogens is 435 g/mol. The van der Waals surface area contributed by atoms with Crippen LogP contribution in [0, 0.1) is 5.92 Å². The van der Waals surface area contributed by atoms with Gasteiger partial charge in [-0.15, -0.1) is 35.3 Å². The third-order valence-electron chi connectivity index (χ3n) is 3.65. The number of nitrogens with one attached hydrogen (secondary N) is 1. The Kier molecular flexibility index (Phi) is 7.77. The summed E-state index contributed by atoms with van der Waals surface area (Å²) in [4.78, 5) is 9.94. The van der Waals surface area contributed by atoms with Crippen LogP contribution in [0.1, 0.15) is 23.3 Å². The molecule has 0 atom stereocenters. The van der Waals surface area contributed by atoms with Gasteiger partial charge in [0, 0.05) is 23.7 Å². The quantitative estimate of drug-likeness (QED) is 0.362. The summed E-state index contributed by atoms with van der Waals surface area (Å²) in [5.41, 5.74) is 6.95. The molecule has 1 aliphatic rings. The summed E-state index contributed by atoms with van der Waals surface area (Å²) in [6.07, 6.45) is 5.27. The van der Waals surface area contributed by atoms with E-state index in [1.807, 2.05) is 12.1 Å². The zero-order valence-electron chi connectivity index (χ0n) is 13.5. The minimum absolute atomic E-state index is 0.